The molecule has 5 heteroatoms. The second kappa shape index (κ2) is 7.40. The molecule has 0 radical (unpaired) electrons. The summed E-state index contributed by atoms with van der Waals surface area (Å²) >= 11 is 0. The van der Waals surface area contributed by atoms with Gasteiger partial charge >= 0.3 is 0 Å². The normalized spacial score (nSPS) is 13.0. The maximum atomic E-state index is 12.2. The van der Waals surface area contributed by atoms with Crippen molar-refractivity contribution >= 4 is 11.8 Å². The number of aryl methyl sites for hydroxylation is 1. The Morgan fingerprint density at radius 2 is 1.95 bits per heavy atom. The summed E-state index contributed by atoms with van der Waals surface area (Å²) in [6.45, 7) is 7.16. The summed E-state index contributed by atoms with van der Waals surface area (Å²) in [6, 6.07) is 6.49. The van der Waals surface area contributed by atoms with E-state index in [9.17, 15) is 14.7 Å². The molecule has 0 saturated carbocycles. The number of nitrogens with two attached hydrogens (primary N) is 1. The maximum Gasteiger partial charge on any atom is 0.251 e. The number of carbonyl (C=O) groups is 2. The molecule has 1 aromatic carbocycles. The molecule has 0 aromatic heterocycles. The van der Waals surface area contributed by atoms with E-state index in [0.717, 1.165) is 5.56 Å². The van der Waals surface area contributed by atoms with Crippen LogP contribution < -0.4 is 11.1 Å². The Kier molecular flexibility index (Phi) is 6.11. The Bertz CT molecular complexity index is 533. The Morgan fingerprint density at radius 1 is 1.32 bits per heavy atom. The molecule has 122 valence electrons. The van der Waals surface area contributed by atoms with E-state index in [1.807, 2.05) is 19.9 Å². The van der Waals surface area contributed by atoms with Crippen LogP contribution in [-0.2, 0) is 11.2 Å². The summed E-state index contributed by atoms with van der Waals surface area (Å²) in [5, 5.41) is 12.4. The fraction of sp³-hybridized carbons (Fsp3) is 0.529. The van der Waals surface area contributed by atoms with Crippen LogP contribution in [0.1, 0.15) is 50.0 Å². The van der Waals surface area contributed by atoms with Crippen LogP contribution in [0.4, 0.5) is 0 Å². The van der Waals surface area contributed by atoms with Crippen molar-refractivity contribution in [2.75, 3.05) is 0 Å². The molecule has 22 heavy (non-hydrogen) atoms. The number of primary amides is 1. The van der Waals surface area contributed by atoms with E-state index in [4.69, 9.17) is 5.73 Å². The highest BCUT2D eigenvalue weighted by Crippen LogP contribution is 2.14. The van der Waals surface area contributed by atoms with Gasteiger partial charge in [0.2, 0.25) is 5.91 Å². The average molecular weight is 306 g/mol. The van der Waals surface area contributed by atoms with E-state index in [-0.39, 0.29) is 11.8 Å². The Morgan fingerprint density at radius 3 is 2.45 bits per heavy atom. The number of benzene rings is 1. The number of hydrogen-bond acceptors (Lipinski definition) is 3. The molecule has 0 spiro atoms. The number of amides is 2. The van der Waals surface area contributed by atoms with Crippen molar-refractivity contribution < 1.29 is 14.7 Å². The Balaban J connectivity index is 2.80. The van der Waals surface area contributed by atoms with Gasteiger partial charge in [0.15, 0.2) is 0 Å². The van der Waals surface area contributed by atoms with E-state index in [0.29, 0.717) is 18.4 Å². The minimum absolute atomic E-state index is 0.0696. The van der Waals surface area contributed by atoms with Crippen LogP contribution in [0, 0.1) is 5.92 Å². The quantitative estimate of drug-likeness (QED) is 0.715. The molecule has 0 aliphatic heterocycles. The molecule has 0 aliphatic rings. The summed E-state index contributed by atoms with van der Waals surface area (Å²) in [5.41, 5.74) is 6.02. The van der Waals surface area contributed by atoms with Crippen molar-refractivity contribution in [3.63, 3.8) is 0 Å². The number of nitrogens with one attached hydrogen (secondary N) is 1. The first kappa shape index (κ1) is 18.2. The smallest absolute Gasteiger partial charge is 0.251 e. The van der Waals surface area contributed by atoms with Gasteiger partial charge in [-0.3, -0.25) is 9.59 Å². The topological polar surface area (TPSA) is 92.4 Å². The molecule has 0 bridgehead atoms. The fourth-order valence-electron chi connectivity index (χ4n) is 2.11. The van der Waals surface area contributed by atoms with Crippen molar-refractivity contribution in [1.82, 2.24) is 5.32 Å². The summed E-state index contributed by atoms with van der Waals surface area (Å²) < 4.78 is 0. The van der Waals surface area contributed by atoms with Crippen molar-refractivity contribution in [3.8, 4) is 0 Å². The lowest BCUT2D eigenvalue weighted by atomic mass is 9.97. The highest BCUT2D eigenvalue weighted by Gasteiger charge is 2.22. The molecule has 2 amide bonds. The van der Waals surface area contributed by atoms with Crippen LogP contribution in [0.25, 0.3) is 0 Å². The summed E-state index contributed by atoms with van der Waals surface area (Å²) in [4.78, 5) is 23.6. The first-order valence-corrected chi connectivity index (χ1v) is 7.51. The van der Waals surface area contributed by atoms with E-state index in [1.165, 1.54) is 0 Å². The van der Waals surface area contributed by atoms with Gasteiger partial charge < -0.3 is 16.2 Å². The lowest BCUT2D eigenvalue weighted by Crippen LogP contribution is -2.47. The highest BCUT2D eigenvalue weighted by atomic mass is 16.3. The van der Waals surface area contributed by atoms with Crippen molar-refractivity contribution in [2.45, 2.75) is 52.2 Å². The lowest BCUT2D eigenvalue weighted by molar-refractivity contribution is -0.120. The van der Waals surface area contributed by atoms with E-state index < -0.39 is 17.6 Å². The molecular formula is C17H26N2O3. The number of carbonyl (C=O) groups excluding carboxylic acids is 2. The molecule has 0 aliphatic carbocycles. The predicted octanol–water partition coefficient (Wildman–Crippen LogP) is 1.63. The van der Waals surface area contributed by atoms with Crippen LogP contribution >= 0.6 is 0 Å². The summed E-state index contributed by atoms with van der Waals surface area (Å²) in [5.74, 6) is -0.927. The van der Waals surface area contributed by atoms with Gasteiger partial charge in [0.05, 0.1) is 5.60 Å². The van der Waals surface area contributed by atoms with Crippen molar-refractivity contribution in [1.29, 1.82) is 0 Å². The minimum atomic E-state index is -0.743. The zero-order valence-electron chi connectivity index (χ0n) is 13.7. The van der Waals surface area contributed by atoms with Crippen LogP contribution in [0.5, 0.6) is 0 Å². The van der Waals surface area contributed by atoms with Crippen molar-refractivity contribution in [2.24, 2.45) is 11.7 Å². The predicted molar refractivity (Wildman–Crippen MR) is 86.3 cm³/mol. The third-order valence-electron chi connectivity index (χ3n) is 3.47. The van der Waals surface area contributed by atoms with Gasteiger partial charge in [0, 0.05) is 5.56 Å². The zero-order chi connectivity index (χ0) is 16.9. The number of rotatable bonds is 7. The van der Waals surface area contributed by atoms with Gasteiger partial charge in [0.25, 0.3) is 5.91 Å². The highest BCUT2D eigenvalue weighted by molar-refractivity contribution is 5.97. The maximum absolute atomic E-state index is 12.2. The Hall–Kier alpha value is -1.88. The standard InChI is InChI=1S/C17H26N2O3/c1-11(2)14(15(18)20)19-16(21)13-7-5-6-12(10-13)8-9-17(3,4)22/h5-7,10-11,14,22H,8-9H2,1-4H3,(H2,18,20)(H,19,21)/t14-/m0/s1. The largest absolute Gasteiger partial charge is 0.390 e. The second-order valence-electron chi connectivity index (χ2n) is 6.61. The molecule has 0 saturated heterocycles. The van der Waals surface area contributed by atoms with Gasteiger partial charge in [-0.15, -0.1) is 0 Å². The van der Waals surface area contributed by atoms with Gasteiger partial charge in [-0.2, -0.15) is 0 Å². The minimum Gasteiger partial charge on any atom is -0.390 e. The van der Waals surface area contributed by atoms with E-state index >= 15 is 0 Å². The zero-order valence-corrected chi connectivity index (χ0v) is 13.7. The van der Waals surface area contributed by atoms with Crippen LogP contribution in [0.15, 0.2) is 24.3 Å². The van der Waals surface area contributed by atoms with Gasteiger partial charge in [-0.25, -0.2) is 0 Å². The molecule has 1 atom stereocenters. The Labute approximate surface area is 131 Å². The molecule has 4 N–H and O–H groups in total. The van der Waals surface area contributed by atoms with Gasteiger partial charge in [0.1, 0.15) is 6.04 Å². The average Bonchev–Trinajstić information content (AvgIpc) is 2.41. The SMILES string of the molecule is CC(C)[C@H](NC(=O)c1cccc(CCC(C)(C)O)c1)C(N)=O. The van der Waals surface area contributed by atoms with Crippen LogP contribution in [0.3, 0.4) is 0 Å². The monoisotopic (exact) mass is 306 g/mol. The third-order valence-corrected chi connectivity index (χ3v) is 3.47. The van der Waals surface area contributed by atoms with Gasteiger partial charge in [-0.1, -0.05) is 26.0 Å². The molecule has 0 heterocycles. The molecule has 0 fully saturated rings. The molecule has 5 nitrogen and oxygen atoms in total. The second-order valence-corrected chi connectivity index (χ2v) is 6.61. The molecule has 1 aromatic rings. The number of aliphatic hydroxyl groups is 1. The van der Waals surface area contributed by atoms with Crippen LogP contribution in [0.2, 0.25) is 0 Å². The molecule has 0 unspecified atom stereocenters. The molecule has 1 rings (SSSR count). The lowest BCUT2D eigenvalue weighted by Gasteiger charge is -2.19. The van der Waals surface area contributed by atoms with E-state index in [1.54, 1.807) is 32.0 Å². The van der Waals surface area contributed by atoms with Crippen LogP contribution in [-0.4, -0.2) is 28.6 Å². The van der Waals surface area contributed by atoms with Gasteiger partial charge in [-0.05, 0) is 50.3 Å². The fourth-order valence-corrected chi connectivity index (χ4v) is 2.11. The summed E-state index contributed by atoms with van der Waals surface area (Å²) in [6.07, 6.45) is 1.28. The third kappa shape index (κ3) is 5.85. The van der Waals surface area contributed by atoms with E-state index in [2.05, 4.69) is 5.32 Å². The first-order valence-electron chi connectivity index (χ1n) is 7.51. The molecular weight excluding hydrogens is 280 g/mol. The number of hydrogen-bond donors (Lipinski definition) is 3. The first-order chi connectivity index (χ1) is 10.1. The summed E-state index contributed by atoms with van der Waals surface area (Å²) in [7, 11) is 0. The van der Waals surface area contributed by atoms with Crippen molar-refractivity contribution in [3.05, 3.63) is 35.4 Å².